The molecule has 2 heterocycles. The van der Waals surface area contributed by atoms with E-state index < -0.39 is 16.1 Å². The van der Waals surface area contributed by atoms with Gasteiger partial charge in [0.2, 0.25) is 10.0 Å². The van der Waals surface area contributed by atoms with Crippen LogP contribution in [-0.2, 0) is 14.8 Å². The first-order valence-corrected chi connectivity index (χ1v) is 12.0. The lowest BCUT2D eigenvalue weighted by Crippen LogP contribution is -2.50. The van der Waals surface area contributed by atoms with Crippen molar-refractivity contribution < 1.29 is 22.7 Å². The van der Waals surface area contributed by atoms with Gasteiger partial charge in [-0.05, 0) is 51.0 Å². The molecule has 0 saturated carbocycles. The smallest absolute Gasteiger partial charge is 0.265 e. The van der Waals surface area contributed by atoms with Crippen molar-refractivity contribution in [3.8, 4) is 5.75 Å². The first kappa shape index (κ1) is 22.3. The first-order valence-electron chi connectivity index (χ1n) is 10.6. The van der Waals surface area contributed by atoms with E-state index in [0.717, 1.165) is 11.1 Å². The van der Waals surface area contributed by atoms with Crippen molar-refractivity contribution in [3.05, 3.63) is 52.6 Å². The molecule has 0 bridgehead atoms. The minimum atomic E-state index is -3.78. The number of fused-ring (bicyclic) bond motifs is 1. The highest BCUT2D eigenvalue weighted by atomic mass is 32.2. The SMILES string of the molecule is Cc1ccc(C(=O)N2CCN(S(=O)(=O)c3cc4c(cc3C)NC(=O)[C@H](C)O4)CC2)c(C)c1. The summed E-state index contributed by atoms with van der Waals surface area (Å²) in [6, 6.07) is 8.80. The van der Waals surface area contributed by atoms with E-state index in [9.17, 15) is 18.0 Å². The third-order valence-corrected chi connectivity index (χ3v) is 8.00. The normalized spacial score (nSPS) is 19.2. The molecule has 9 heteroatoms. The van der Waals surface area contributed by atoms with Gasteiger partial charge in [-0.2, -0.15) is 4.31 Å². The zero-order valence-electron chi connectivity index (χ0n) is 18.6. The average Bonchev–Trinajstić information content (AvgIpc) is 2.74. The van der Waals surface area contributed by atoms with E-state index in [-0.39, 0.29) is 29.8 Å². The number of piperazine rings is 1. The number of nitrogens with zero attached hydrogens (tertiary/aromatic N) is 2. The summed E-state index contributed by atoms with van der Waals surface area (Å²) in [5.41, 5.74) is 3.64. The Kier molecular flexibility index (Phi) is 5.72. The van der Waals surface area contributed by atoms with E-state index in [1.807, 2.05) is 32.0 Å². The Morgan fingerprint density at radius 3 is 2.38 bits per heavy atom. The van der Waals surface area contributed by atoms with Crippen molar-refractivity contribution in [2.45, 2.75) is 38.7 Å². The molecule has 170 valence electrons. The summed E-state index contributed by atoms with van der Waals surface area (Å²) in [4.78, 5) is 26.6. The van der Waals surface area contributed by atoms with Crippen molar-refractivity contribution in [1.29, 1.82) is 0 Å². The molecule has 2 aromatic carbocycles. The van der Waals surface area contributed by atoms with Crippen molar-refractivity contribution in [3.63, 3.8) is 0 Å². The summed E-state index contributed by atoms with van der Waals surface area (Å²) < 4.78 is 33.7. The Bertz CT molecular complexity index is 1200. The predicted octanol–water partition coefficient (Wildman–Crippen LogP) is 2.48. The van der Waals surface area contributed by atoms with Crippen LogP contribution in [0.15, 0.2) is 35.2 Å². The van der Waals surface area contributed by atoms with Crippen LogP contribution in [0.25, 0.3) is 0 Å². The van der Waals surface area contributed by atoms with Gasteiger partial charge in [0.1, 0.15) is 5.75 Å². The molecule has 8 nitrogen and oxygen atoms in total. The number of ether oxygens (including phenoxy) is 1. The first-order chi connectivity index (χ1) is 15.1. The van der Waals surface area contributed by atoms with Gasteiger partial charge in [0.05, 0.1) is 10.6 Å². The zero-order valence-corrected chi connectivity index (χ0v) is 19.5. The van der Waals surface area contributed by atoms with Crippen LogP contribution in [0.5, 0.6) is 5.75 Å². The fourth-order valence-corrected chi connectivity index (χ4v) is 5.76. The van der Waals surface area contributed by atoms with Gasteiger partial charge in [-0.15, -0.1) is 0 Å². The molecule has 1 fully saturated rings. The molecule has 4 rings (SSSR count). The van der Waals surface area contributed by atoms with Gasteiger partial charge in [-0.3, -0.25) is 9.59 Å². The van der Waals surface area contributed by atoms with Gasteiger partial charge < -0.3 is 15.0 Å². The monoisotopic (exact) mass is 457 g/mol. The highest BCUT2D eigenvalue weighted by Gasteiger charge is 2.33. The average molecular weight is 458 g/mol. The Morgan fingerprint density at radius 1 is 1.03 bits per heavy atom. The topological polar surface area (TPSA) is 96.0 Å². The molecule has 1 saturated heterocycles. The maximum atomic E-state index is 13.4. The van der Waals surface area contributed by atoms with Gasteiger partial charge >= 0.3 is 0 Å². The van der Waals surface area contributed by atoms with E-state index in [4.69, 9.17) is 4.74 Å². The van der Waals surface area contributed by atoms with Gasteiger partial charge in [-0.25, -0.2) is 8.42 Å². The van der Waals surface area contributed by atoms with Crippen molar-refractivity contribution in [2.24, 2.45) is 0 Å². The number of nitrogens with one attached hydrogen (secondary N) is 1. The third-order valence-electron chi connectivity index (χ3n) is 5.96. The Labute approximate surface area is 188 Å². The molecule has 2 aliphatic heterocycles. The van der Waals surface area contributed by atoms with Crippen LogP contribution in [0.2, 0.25) is 0 Å². The quantitative estimate of drug-likeness (QED) is 0.764. The fraction of sp³-hybridized carbons (Fsp3) is 0.391. The second-order valence-electron chi connectivity index (χ2n) is 8.38. The summed E-state index contributed by atoms with van der Waals surface area (Å²) in [6.07, 6.45) is -0.694. The van der Waals surface area contributed by atoms with E-state index in [1.54, 1.807) is 24.8 Å². The molecule has 2 aromatic rings. The molecular weight excluding hydrogens is 430 g/mol. The van der Waals surface area contributed by atoms with Gasteiger partial charge in [0, 0.05) is 37.8 Å². The van der Waals surface area contributed by atoms with E-state index in [1.165, 1.54) is 10.4 Å². The van der Waals surface area contributed by atoms with Crippen LogP contribution in [0.4, 0.5) is 5.69 Å². The Morgan fingerprint density at radius 2 is 1.72 bits per heavy atom. The van der Waals surface area contributed by atoms with Gasteiger partial charge in [-0.1, -0.05) is 17.7 Å². The molecule has 1 atom stereocenters. The van der Waals surface area contributed by atoms with E-state index in [0.29, 0.717) is 35.7 Å². The van der Waals surface area contributed by atoms with Crippen LogP contribution in [0.3, 0.4) is 0 Å². The van der Waals surface area contributed by atoms with Crippen LogP contribution in [0, 0.1) is 20.8 Å². The number of carbonyl (C=O) groups excluding carboxylic acids is 2. The molecule has 1 N–H and O–H groups in total. The molecule has 32 heavy (non-hydrogen) atoms. The largest absolute Gasteiger partial charge is 0.479 e. The van der Waals surface area contributed by atoms with E-state index >= 15 is 0 Å². The summed E-state index contributed by atoms with van der Waals surface area (Å²) in [7, 11) is -3.78. The summed E-state index contributed by atoms with van der Waals surface area (Å²) in [5, 5.41) is 2.73. The lowest BCUT2D eigenvalue weighted by molar-refractivity contribution is -0.122. The van der Waals surface area contributed by atoms with Crippen LogP contribution in [0.1, 0.15) is 34.0 Å². The summed E-state index contributed by atoms with van der Waals surface area (Å²) in [5.74, 6) is -0.00955. The molecule has 0 radical (unpaired) electrons. The maximum Gasteiger partial charge on any atom is 0.265 e. The molecular formula is C23H27N3O5S. The molecule has 0 aliphatic carbocycles. The van der Waals surface area contributed by atoms with Gasteiger partial charge in [0.25, 0.3) is 11.8 Å². The number of hydrogen-bond acceptors (Lipinski definition) is 5. The summed E-state index contributed by atoms with van der Waals surface area (Å²) >= 11 is 0. The second kappa shape index (κ2) is 8.22. The molecule has 0 aromatic heterocycles. The summed E-state index contributed by atoms with van der Waals surface area (Å²) in [6.45, 7) is 8.25. The van der Waals surface area contributed by atoms with Gasteiger partial charge in [0.15, 0.2) is 6.10 Å². The number of sulfonamides is 1. The van der Waals surface area contributed by atoms with Crippen molar-refractivity contribution >= 4 is 27.5 Å². The number of hydrogen-bond donors (Lipinski definition) is 1. The highest BCUT2D eigenvalue weighted by molar-refractivity contribution is 7.89. The lowest BCUT2D eigenvalue weighted by atomic mass is 10.0. The minimum Gasteiger partial charge on any atom is -0.479 e. The zero-order chi connectivity index (χ0) is 23.2. The number of anilines is 1. The number of carbonyl (C=O) groups is 2. The number of amides is 2. The predicted molar refractivity (Wildman–Crippen MR) is 120 cm³/mol. The molecule has 2 amide bonds. The molecule has 0 unspecified atom stereocenters. The number of rotatable bonds is 3. The highest BCUT2D eigenvalue weighted by Crippen LogP contribution is 2.35. The van der Waals surface area contributed by atoms with Crippen LogP contribution < -0.4 is 10.1 Å². The second-order valence-corrected chi connectivity index (χ2v) is 10.3. The Balaban J connectivity index is 1.51. The third kappa shape index (κ3) is 3.98. The molecule has 2 aliphatic rings. The molecule has 0 spiro atoms. The van der Waals surface area contributed by atoms with Crippen LogP contribution in [-0.4, -0.2) is 61.7 Å². The maximum absolute atomic E-state index is 13.4. The Hall–Kier alpha value is -2.91. The standard InChI is InChI=1S/C23H27N3O5S/c1-14-5-6-18(15(2)11-14)23(28)25-7-9-26(10-8-25)32(29,30)21-13-20-19(12-16(21)3)24-22(27)17(4)31-20/h5-6,11-13,17H,7-10H2,1-4H3,(H,24,27)/t17-/m0/s1. The fourth-order valence-electron chi connectivity index (χ4n) is 4.12. The lowest BCUT2D eigenvalue weighted by Gasteiger charge is -2.35. The number of aryl methyl sites for hydroxylation is 3. The minimum absolute atomic E-state index is 0.0809. The van der Waals surface area contributed by atoms with Crippen molar-refractivity contribution in [2.75, 3.05) is 31.5 Å². The van der Waals surface area contributed by atoms with E-state index in [2.05, 4.69) is 5.32 Å². The number of benzene rings is 2. The van der Waals surface area contributed by atoms with Crippen molar-refractivity contribution in [1.82, 2.24) is 9.21 Å². The van der Waals surface area contributed by atoms with Crippen LogP contribution >= 0.6 is 0 Å².